The van der Waals surface area contributed by atoms with Gasteiger partial charge >= 0.3 is 0 Å². The van der Waals surface area contributed by atoms with E-state index in [9.17, 15) is 4.79 Å². The SMILES string of the molecule is CC(Sc1nnc(-c2ccccc2)n1C)C(=O)c1ccccc1. The van der Waals surface area contributed by atoms with Crippen LogP contribution in [0.3, 0.4) is 0 Å². The van der Waals surface area contributed by atoms with Crippen molar-refractivity contribution in [2.45, 2.75) is 17.3 Å². The predicted molar refractivity (Wildman–Crippen MR) is 92.5 cm³/mol. The molecule has 0 N–H and O–H groups in total. The molecule has 1 atom stereocenters. The van der Waals surface area contributed by atoms with Gasteiger partial charge in [-0.25, -0.2) is 0 Å². The maximum Gasteiger partial charge on any atom is 0.191 e. The molecule has 1 heterocycles. The molecule has 3 rings (SSSR count). The number of aromatic nitrogens is 3. The second-order valence-electron chi connectivity index (χ2n) is 5.22. The van der Waals surface area contributed by atoms with E-state index in [1.165, 1.54) is 11.8 Å². The van der Waals surface area contributed by atoms with Gasteiger partial charge < -0.3 is 4.57 Å². The Morgan fingerprint density at radius 3 is 2.26 bits per heavy atom. The second-order valence-corrected chi connectivity index (χ2v) is 6.53. The van der Waals surface area contributed by atoms with Crippen LogP contribution in [0.25, 0.3) is 11.4 Å². The number of ketones is 1. The number of benzene rings is 2. The van der Waals surface area contributed by atoms with Gasteiger partial charge in [0.1, 0.15) is 0 Å². The minimum absolute atomic E-state index is 0.0971. The lowest BCUT2D eigenvalue weighted by Crippen LogP contribution is -2.14. The Bertz CT molecular complexity index is 800. The topological polar surface area (TPSA) is 47.8 Å². The molecule has 2 aromatic carbocycles. The van der Waals surface area contributed by atoms with Crippen LogP contribution >= 0.6 is 11.8 Å². The molecule has 0 aliphatic rings. The van der Waals surface area contributed by atoms with Gasteiger partial charge in [-0.1, -0.05) is 72.4 Å². The zero-order valence-corrected chi connectivity index (χ0v) is 13.8. The Morgan fingerprint density at radius 1 is 1.00 bits per heavy atom. The van der Waals surface area contributed by atoms with Crippen LogP contribution in [0.1, 0.15) is 17.3 Å². The molecular formula is C18H17N3OS. The smallest absolute Gasteiger partial charge is 0.191 e. The first-order valence-electron chi connectivity index (χ1n) is 7.37. The van der Waals surface area contributed by atoms with Gasteiger partial charge in [-0.2, -0.15) is 0 Å². The van der Waals surface area contributed by atoms with Crippen LogP contribution < -0.4 is 0 Å². The van der Waals surface area contributed by atoms with E-state index < -0.39 is 0 Å². The standard InChI is InChI=1S/C18H17N3OS/c1-13(16(22)14-9-5-3-6-10-14)23-18-20-19-17(21(18)2)15-11-7-4-8-12-15/h3-13H,1-2H3. The van der Waals surface area contributed by atoms with Crippen molar-refractivity contribution in [3.8, 4) is 11.4 Å². The number of thioether (sulfide) groups is 1. The van der Waals surface area contributed by atoms with Crippen LogP contribution in [0, 0.1) is 0 Å². The highest BCUT2D eigenvalue weighted by Crippen LogP contribution is 2.27. The molecule has 3 aromatic rings. The first-order valence-corrected chi connectivity index (χ1v) is 8.25. The van der Waals surface area contributed by atoms with Crippen LogP contribution in [0.2, 0.25) is 0 Å². The third-order valence-corrected chi connectivity index (χ3v) is 4.71. The molecule has 0 saturated heterocycles. The minimum Gasteiger partial charge on any atom is -0.305 e. The van der Waals surface area contributed by atoms with Crippen molar-refractivity contribution in [1.82, 2.24) is 14.8 Å². The van der Waals surface area contributed by atoms with Crippen LogP contribution in [0.5, 0.6) is 0 Å². The summed E-state index contributed by atoms with van der Waals surface area (Å²) < 4.78 is 1.93. The molecule has 0 radical (unpaired) electrons. The first-order chi connectivity index (χ1) is 11.2. The Balaban J connectivity index is 1.79. The van der Waals surface area contributed by atoms with E-state index in [0.717, 1.165) is 22.1 Å². The minimum atomic E-state index is -0.219. The maximum absolute atomic E-state index is 12.5. The van der Waals surface area contributed by atoms with Gasteiger partial charge in [0.2, 0.25) is 0 Å². The fraction of sp³-hybridized carbons (Fsp3) is 0.167. The van der Waals surface area contributed by atoms with Gasteiger partial charge in [0, 0.05) is 18.2 Å². The quantitative estimate of drug-likeness (QED) is 0.528. The summed E-state index contributed by atoms with van der Waals surface area (Å²) in [6.45, 7) is 1.90. The van der Waals surface area contributed by atoms with Crippen molar-refractivity contribution in [2.75, 3.05) is 0 Å². The van der Waals surface area contributed by atoms with E-state index in [1.807, 2.05) is 79.2 Å². The van der Waals surface area contributed by atoms with Crippen LogP contribution in [-0.4, -0.2) is 25.8 Å². The molecule has 0 spiro atoms. The molecule has 5 heteroatoms. The van der Waals surface area contributed by atoms with E-state index in [2.05, 4.69) is 10.2 Å². The third-order valence-electron chi connectivity index (χ3n) is 3.58. The number of carbonyl (C=O) groups is 1. The Hall–Kier alpha value is -2.40. The lowest BCUT2D eigenvalue weighted by atomic mass is 10.1. The summed E-state index contributed by atoms with van der Waals surface area (Å²) in [5.74, 6) is 0.896. The van der Waals surface area contributed by atoms with Crippen molar-refractivity contribution in [2.24, 2.45) is 7.05 Å². The molecule has 0 saturated carbocycles. The first kappa shape index (κ1) is 15.5. The van der Waals surface area contributed by atoms with E-state index >= 15 is 0 Å². The summed E-state index contributed by atoms with van der Waals surface area (Å²) in [5.41, 5.74) is 1.73. The lowest BCUT2D eigenvalue weighted by Gasteiger charge is -2.10. The molecule has 1 aromatic heterocycles. The largest absolute Gasteiger partial charge is 0.305 e. The number of Topliss-reactive ketones (excluding diaryl/α,β-unsaturated/α-hetero) is 1. The zero-order chi connectivity index (χ0) is 16.2. The molecule has 0 bridgehead atoms. The molecule has 4 nitrogen and oxygen atoms in total. The van der Waals surface area contributed by atoms with E-state index in [-0.39, 0.29) is 11.0 Å². The molecule has 0 amide bonds. The Labute approximate surface area is 139 Å². The summed E-state index contributed by atoms with van der Waals surface area (Å²) in [6, 6.07) is 19.2. The van der Waals surface area contributed by atoms with Gasteiger partial charge in [0.25, 0.3) is 0 Å². The van der Waals surface area contributed by atoms with Crippen LogP contribution in [0.4, 0.5) is 0 Å². The van der Waals surface area contributed by atoms with Crippen molar-refractivity contribution in [3.05, 3.63) is 66.2 Å². The number of hydrogen-bond donors (Lipinski definition) is 0. The van der Waals surface area contributed by atoms with Gasteiger partial charge in [-0.05, 0) is 6.92 Å². The maximum atomic E-state index is 12.5. The highest BCUT2D eigenvalue weighted by molar-refractivity contribution is 8.00. The fourth-order valence-corrected chi connectivity index (χ4v) is 3.20. The summed E-state index contributed by atoms with van der Waals surface area (Å²) >= 11 is 1.43. The van der Waals surface area contributed by atoms with Crippen LogP contribution in [-0.2, 0) is 7.05 Å². The molecule has 0 aliphatic carbocycles. The zero-order valence-electron chi connectivity index (χ0n) is 13.0. The monoisotopic (exact) mass is 323 g/mol. The Morgan fingerprint density at radius 2 is 1.61 bits per heavy atom. The number of hydrogen-bond acceptors (Lipinski definition) is 4. The van der Waals surface area contributed by atoms with E-state index in [4.69, 9.17) is 0 Å². The number of carbonyl (C=O) groups excluding carboxylic acids is 1. The van der Waals surface area contributed by atoms with E-state index in [0.29, 0.717) is 0 Å². The summed E-state index contributed by atoms with van der Waals surface area (Å²) in [5, 5.41) is 9.00. The van der Waals surface area contributed by atoms with Gasteiger partial charge in [0.15, 0.2) is 16.8 Å². The lowest BCUT2D eigenvalue weighted by molar-refractivity contribution is 0.0994. The van der Waals surface area contributed by atoms with Crippen molar-refractivity contribution >= 4 is 17.5 Å². The second kappa shape index (κ2) is 6.79. The van der Waals surface area contributed by atoms with Crippen LogP contribution in [0.15, 0.2) is 65.8 Å². The average Bonchev–Trinajstić information content (AvgIpc) is 2.96. The number of nitrogens with zero attached hydrogens (tertiary/aromatic N) is 3. The molecule has 0 aliphatic heterocycles. The summed E-state index contributed by atoms with van der Waals surface area (Å²) in [4.78, 5) is 12.5. The normalized spacial score (nSPS) is 12.1. The van der Waals surface area contributed by atoms with E-state index in [1.54, 1.807) is 0 Å². The van der Waals surface area contributed by atoms with Gasteiger partial charge in [0.05, 0.1) is 5.25 Å². The fourth-order valence-electron chi connectivity index (χ4n) is 2.30. The molecule has 116 valence electrons. The predicted octanol–water partition coefficient (Wildman–Crippen LogP) is 3.85. The average molecular weight is 323 g/mol. The van der Waals surface area contributed by atoms with Crippen molar-refractivity contribution in [3.63, 3.8) is 0 Å². The molecule has 23 heavy (non-hydrogen) atoms. The molecule has 1 unspecified atom stereocenters. The molecular weight excluding hydrogens is 306 g/mol. The number of rotatable bonds is 5. The Kier molecular flexibility index (Phi) is 4.57. The third kappa shape index (κ3) is 3.35. The van der Waals surface area contributed by atoms with Gasteiger partial charge in [-0.15, -0.1) is 10.2 Å². The summed E-state index contributed by atoms with van der Waals surface area (Å²) in [6.07, 6.45) is 0. The van der Waals surface area contributed by atoms with Crippen molar-refractivity contribution in [1.29, 1.82) is 0 Å². The molecule has 0 fully saturated rings. The highest BCUT2D eigenvalue weighted by Gasteiger charge is 2.20. The summed E-state index contributed by atoms with van der Waals surface area (Å²) in [7, 11) is 1.92. The van der Waals surface area contributed by atoms with Crippen molar-refractivity contribution < 1.29 is 4.79 Å². The van der Waals surface area contributed by atoms with Gasteiger partial charge in [-0.3, -0.25) is 4.79 Å². The highest BCUT2D eigenvalue weighted by atomic mass is 32.2.